The van der Waals surface area contributed by atoms with E-state index in [0.29, 0.717) is 11.4 Å². The van der Waals surface area contributed by atoms with Gasteiger partial charge in [-0.1, -0.05) is 0 Å². The molecule has 0 radical (unpaired) electrons. The number of hydrogen-bond acceptors (Lipinski definition) is 3. The minimum atomic E-state index is -0.545. The minimum Gasteiger partial charge on any atom is -0.397 e. The Balaban J connectivity index is 2.65. The van der Waals surface area contributed by atoms with E-state index in [1.54, 1.807) is 30.8 Å². The monoisotopic (exact) mass is 197 g/mol. The van der Waals surface area contributed by atoms with E-state index in [0.717, 1.165) is 0 Å². The lowest BCUT2D eigenvalue weighted by molar-refractivity contribution is 0.0916. The molecule has 0 saturated carbocycles. The number of aromatic nitrogens is 1. The maximum Gasteiger partial charge on any atom is 0.268 e. The third-order valence-corrected chi connectivity index (χ3v) is 1.82. The molecule has 1 atom stereocenters. The molecule has 0 aromatic carbocycles. The first-order valence-corrected chi connectivity index (χ1v) is 4.39. The molecule has 0 fully saturated rings. The highest BCUT2D eigenvalue weighted by molar-refractivity contribution is 5.93. The number of aliphatic hydroxyl groups excluding tert-OH is 1. The van der Waals surface area contributed by atoms with Crippen LogP contribution >= 0.6 is 0 Å². The Bertz CT molecular complexity index is 331. The van der Waals surface area contributed by atoms with Crippen molar-refractivity contribution in [2.75, 3.05) is 12.3 Å². The molecule has 4 N–H and O–H groups in total. The quantitative estimate of drug-likeness (QED) is 0.623. The van der Waals surface area contributed by atoms with Crippen LogP contribution in [0.2, 0.25) is 0 Å². The first-order valence-electron chi connectivity index (χ1n) is 4.39. The number of aliphatic hydroxyl groups is 1. The maximum absolute atomic E-state index is 11.5. The molecule has 0 aliphatic carbocycles. The standard InChI is InChI=1S/C9H15N3O2/c1-6(13)4-11-9(14)8-3-7(10)5-12(8)2/h3,5-6,13H,4,10H2,1-2H3,(H,11,14)/t6-/m1/s1. The van der Waals surface area contributed by atoms with Gasteiger partial charge >= 0.3 is 0 Å². The van der Waals surface area contributed by atoms with Gasteiger partial charge in [-0.05, 0) is 13.0 Å². The second-order valence-electron chi connectivity index (χ2n) is 3.33. The molecule has 0 aliphatic rings. The van der Waals surface area contributed by atoms with Crippen LogP contribution in [0.15, 0.2) is 12.3 Å². The van der Waals surface area contributed by atoms with Crippen LogP contribution < -0.4 is 11.1 Å². The molecule has 0 saturated heterocycles. The lowest BCUT2D eigenvalue weighted by Gasteiger charge is -2.07. The Morgan fingerprint density at radius 2 is 2.43 bits per heavy atom. The van der Waals surface area contributed by atoms with Crippen LogP contribution in [0.1, 0.15) is 17.4 Å². The van der Waals surface area contributed by atoms with Crippen LogP contribution in [-0.2, 0) is 7.05 Å². The molecule has 1 aromatic rings. The summed E-state index contributed by atoms with van der Waals surface area (Å²) in [6.07, 6.45) is 1.12. The van der Waals surface area contributed by atoms with Crippen LogP contribution in [0.5, 0.6) is 0 Å². The summed E-state index contributed by atoms with van der Waals surface area (Å²) in [5.41, 5.74) is 6.56. The Labute approximate surface area is 82.5 Å². The van der Waals surface area contributed by atoms with E-state index in [2.05, 4.69) is 5.32 Å². The molecule has 5 heteroatoms. The van der Waals surface area contributed by atoms with Crippen molar-refractivity contribution in [3.8, 4) is 0 Å². The predicted octanol–water partition coefficient (Wildman–Crippen LogP) is -0.282. The van der Waals surface area contributed by atoms with Crippen molar-refractivity contribution in [3.05, 3.63) is 18.0 Å². The molecule has 1 amide bonds. The van der Waals surface area contributed by atoms with Crippen LogP contribution in [0.3, 0.4) is 0 Å². The summed E-state index contributed by atoms with van der Waals surface area (Å²) < 4.78 is 1.65. The van der Waals surface area contributed by atoms with Crippen LogP contribution in [-0.4, -0.2) is 28.2 Å². The molecule has 1 rings (SSSR count). The van der Waals surface area contributed by atoms with Crippen molar-refractivity contribution in [2.45, 2.75) is 13.0 Å². The van der Waals surface area contributed by atoms with E-state index in [4.69, 9.17) is 10.8 Å². The van der Waals surface area contributed by atoms with Crippen molar-refractivity contribution in [1.29, 1.82) is 0 Å². The van der Waals surface area contributed by atoms with Crippen molar-refractivity contribution < 1.29 is 9.90 Å². The number of aryl methyl sites for hydroxylation is 1. The number of carbonyl (C=O) groups excluding carboxylic acids is 1. The Morgan fingerprint density at radius 3 is 2.86 bits per heavy atom. The van der Waals surface area contributed by atoms with E-state index >= 15 is 0 Å². The fourth-order valence-electron chi connectivity index (χ4n) is 1.15. The molecule has 0 unspecified atom stereocenters. The van der Waals surface area contributed by atoms with E-state index < -0.39 is 6.10 Å². The number of nitrogen functional groups attached to an aromatic ring is 1. The van der Waals surface area contributed by atoms with Gasteiger partial charge in [-0.2, -0.15) is 0 Å². The smallest absolute Gasteiger partial charge is 0.268 e. The average Bonchev–Trinajstić information content (AvgIpc) is 2.41. The normalized spacial score (nSPS) is 12.5. The highest BCUT2D eigenvalue weighted by atomic mass is 16.3. The molecular weight excluding hydrogens is 182 g/mol. The summed E-state index contributed by atoms with van der Waals surface area (Å²) in [5.74, 6) is -0.231. The zero-order valence-corrected chi connectivity index (χ0v) is 8.32. The van der Waals surface area contributed by atoms with Gasteiger partial charge in [-0.3, -0.25) is 4.79 Å². The van der Waals surface area contributed by atoms with Gasteiger partial charge in [0.05, 0.1) is 11.8 Å². The number of nitrogens with one attached hydrogen (secondary N) is 1. The molecule has 1 heterocycles. The SMILES string of the molecule is C[C@@H](O)CNC(=O)c1cc(N)cn1C. The molecule has 1 aromatic heterocycles. The van der Waals surface area contributed by atoms with E-state index in [-0.39, 0.29) is 12.5 Å². The zero-order chi connectivity index (χ0) is 10.7. The number of anilines is 1. The number of nitrogens with two attached hydrogens (primary N) is 1. The number of hydrogen-bond donors (Lipinski definition) is 3. The fourth-order valence-corrected chi connectivity index (χ4v) is 1.15. The molecule has 0 spiro atoms. The van der Waals surface area contributed by atoms with E-state index in [1.165, 1.54) is 0 Å². The van der Waals surface area contributed by atoms with Crippen LogP contribution in [0.25, 0.3) is 0 Å². The molecular formula is C9H15N3O2. The summed E-state index contributed by atoms with van der Waals surface area (Å²) in [5, 5.41) is 11.6. The summed E-state index contributed by atoms with van der Waals surface area (Å²) in [7, 11) is 1.74. The highest BCUT2D eigenvalue weighted by Crippen LogP contribution is 2.07. The van der Waals surface area contributed by atoms with E-state index in [1.807, 2.05) is 0 Å². The van der Waals surface area contributed by atoms with Gasteiger partial charge in [-0.15, -0.1) is 0 Å². The number of amides is 1. The highest BCUT2D eigenvalue weighted by Gasteiger charge is 2.10. The molecule has 78 valence electrons. The van der Waals surface area contributed by atoms with Crippen molar-refractivity contribution >= 4 is 11.6 Å². The van der Waals surface area contributed by atoms with Gasteiger partial charge < -0.3 is 20.7 Å². The second kappa shape index (κ2) is 4.15. The van der Waals surface area contributed by atoms with Crippen LogP contribution in [0.4, 0.5) is 5.69 Å². The fraction of sp³-hybridized carbons (Fsp3) is 0.444. The van der Waals surface area contributed by atoms with Gasteiger partial charge in [0.1, 0.15) is 5.69 Å². The van der Waals surface area contributed by atoms with Gasteiger partial charge in [0, 0.05) is 19.8 Å². The van der Waals surface area contributed by atoms with Gasteiger partial charge in [0.25, 0.3) is 5.91 Å². The van der Waals surface area contributed by atoms with Gasteiger partial charge in [0.2, 0.25) is 0 Å². The van der Waals surface area contributed by atoms with Crippen molar-refractivity contribution in [3.63, 3.8) is 0 Å². The lowest BCUT2D eigenvalue weighted by atomic mass is 10.3. The molecule has 14 heavy (non-hydrogen) atoms. The first-order chi connectivity index (χ1) is 6.50. The molecule has 5 nitrogen and oxygen atoms in total. The third-order valence-electron chi connectivity index (χ3n) is 1.82. The topological polar surface area (TPSA) is 80.3 Å². The molecule has 0 bridgehead atoms. The maximum atomic E-state index is 11.5. The zero-order valence-electron chi connectivity index (χ0n) is 8.32. The number of carbonyl (C=O) groups is 1. The number of rotatable bonds is 3. The largest absolute Gasteiger partial charge is 0.397 e. The first kappa shape index (κ1) is 10.6. The summed E-state index contributed by atoms with van der Waals surface area (Å²) in [4.78, 5) is 11.5. The Kier molecular flexibility index (Phi) is 3.14. The Hall–Kier alpha value is -1.49. The van der Waals surface area contributed by atoms with Gasteiger partial charge in [-0.25, -0.2) is 0 Å². The van der Waals surface area contributed by atoms with E-state index in [9.17, 15) is 4.79 Å². The third kappa shape index (κ3) is 2.50. The minimum absolute atomic E-state index is 0.231. The van der Waals surface area contributed by atoms with Crippen molar-refractivity contribution in [2.24, 2.45) is 7.05 Å². The van der Waals surface area contributed by atoms with Crippen LogP contribution in [0, 0.1) is 0 Å². The Morgan fingerprint density at radius 1 is 1.79 bits per heavy atom. The summed E-state index contributed by atoms with van der Waals surface area (Å²) >= 11 is 0. The average molecular weight is 197 g/mol. The summed E-state index contributed by atoms with van der Waals surface area (Å²) in [6.45, 7) is 1.85. The number of nitrogens with zero attached hydrogens (tertiary/aromatic N) is 1. The summed E-state index contributed by atoms with van der Waals surface area (Å²) in [6, 6.07) is 1.59. The van der Waals surface area contributed by atoms with Crippen molar-refractivity contribution in [1.82, 2.24) is 9.88 Å². The molecule has 0 aliphatic heterocycles. The second-order valence-corrected chi connectivity index (χ2v) is 3.33. The predicted molar refractivity (Wildman–Crippen MR) is 53.8 cm³/mol. The van der Waals surface area contributed by atoms with Gasteiger partial charge in [0.15, 0.2) is 0 Å². The lowest BCUT2D eigenvalue weighted by Crippen LogP contribution is -2.31.